The molecule has 2 aromatic carbocycles. The fourth-order valence-electron chi connectivity index (χ4n) is 1.72. The smallest absolute Gasteiger partial charge is 0.258 e. The Morgan fingerprint density at radius 2 is 1.86 bits per heavy atom. The molecular formula is C14H10ClF3N2O. The lowest BCUT2D eigenvalue weighted by molar-refractivity contribution is 0.102. The van der Waals surface area contributed by atoms with E-state index in [2.05, 4.69) is 5.32 Å². The molecule has 0 heterocycles. The average Bonchev–Trinajstić information content (AvgIpc) is 2.44. The van der Waals surface area contributed by atoms with Crippen LogP contribution in [-0.2, 0) is 0 Å². The van der Waals surface area contributed by atoms with Crippen LogP contribution in [0.3, 0.4) is 0 Å². The van der Waals surface area contributed by atoms with Gasteiger partial charge in [-0.25, -0.2) is 13.2 Å². The molecular weight excluding hydrogens is 305 g/mol. The van der Waals surface area contributed by atoms with E-state index in [0.29, 0.717) is 11.1 Å². The van der Waals surface area contributed by atoms with Crippen LogP contribution < -0.4 is 11.1 Å². The van der Waals surface area contributed by atoms with Crippen molar-refractivity contribution >= 4 is 28.9 Å². The maximum Gasteiger partial charge on any atom is 0.258 e. The van der Waals surface area contributed by atoms with Crippen LogP contribution in [0.15, 0.2) is 24.3 Å². The maximum absolute atomic E-state index is 13.8. The van der Waals surface area contributed by atoms with Gasteiger partial charge >= 0.3 is 0 Å². The molecule has 0 atom stereocenters. The van der Waals surface area contributed by atoms with Crippen LogP contribution in [0.1, 0.15) is 15.9 Å². The first-order valence-corrected chi connectivity index (χ1v) is 6.19. The molecule has 110 valence electrons. The summed E-state index contributed by atoms with van der Waals surface area (Å²) >= 11 is 5.73. The summed E-state index contributed by atoms with van der Waals surface area (Å²) in [6.45, 7) is 1.05. The number of carbonyl (C=O) groups excluding carboxylic acids is 1. The first kappa shape index (κ1) is 15.2. The van der Waals surface area contributed by atoms with Crippen LogP contribution in [0, 0.1) is 24.4 Å². The number of benzene rings is 2. The normalized spacial score (nSPS) is 10.5. The fourth-order valence-corrected chi connectivity index (χ4v) is 1.83. The third-order valence-electron chi connectivity index (χ3n) is 2.87. The van der Waals surface area contributed by atoms with Gasteiger partial charge in [-0.15, -0.1) is 0 Å². The Bertz CT molecular complexity index is 735. The van der Waals surface area contributed by atoms with E-state index in [1.54, 1.807) is 0 Å². The molecule has 0 radical (unpaired) electrons. The minimum atomic E-state index is -1.32. The minimum Gasteiger partial charge on any atom is -0.397 e. The molecule has 1 amide bonds. The van der Waals surface area contributed by atoms with Gasteiger partial charge in [-0.2, -0.15) is 0 Å². The van der Waals surface area contributed by atoms with Crippen molar-refractivity contribution in [2.75, 3.05) is 11.1 Å². The minimum absolute atomic E-state index is 0.219. The molecule has 0 unspecified atom stereocenters. The summed E-state index contributed by atoms with van der Waals surface area (Å²) < 4.78 is 40.3. The molecule has 0 saturated carbocycles. The number of amides is 1. The van der Waals surface area contributed by atoms with Gasteiger partial charge in [0.2, 0.25) is 0 Å². The topological polar surface area (TPSA) is 55.1 Å². The Kier molecular flexibility index (Phi) is 4.09. The molecule has 0 saturated heterocycles. The van der Waals surface area contributed by atoms with Crippen LogP contribution in [-0.4, -0.2) is 5.91 Å². The largest absolute Gasteiger partial charge is 0.397 e. The first-order chi connectivity index (χ1) is 9.81. The Labute approximate surface area is 123 Å². The molecule has 0 aliphatic carbocycles. The first-order valence-electron chi connectivity index (χ1n) is 5.81. The van der Waals surface area contributed by atoms with Crippen molar-refractivity contribution in [3.05, 3.63) is 57.9 Å². The number of halogens is 4. The standard InChI is InChI=1S/C14H10ClF3N2O/c1-6-12(17)8(5-10(16)13(6)18)14(21)20-7-2-3-9(15)11(19)4-7/h2-5H,19H2,1H3,(H,20,21). The predicted octanol–water partition coefficient (Wildman–Crippen LogP) is 3.90. The van der Waals surface area contributed by atoms with E-state index in [0.717, 1.165) is 6.92 Å². The van der Waals surface area contributed by atoms with Crippen molar-refractivity contribution < 1.29 is 18.0 Å². The molecule has 21 heavy (non-hydrogen) atoms. The van der Waals surface area contributed by atoms with Crippen molar-refractivity contribution in [2.24, 2.45) is 0 Å². The Hall–Kier alpha value is -2.21. The summed E-state index contributed by atoms with van der Waals surface area (Å²) in [6, 6.07) is 4.76. The third-order valence-corrected chi connectivity index (χ3v) is 3.22. The maximum atomic E-state index is 13.8. The van der Waals surface area contributed by atoms with Crippen LogP contribution in [0.2, 0.25) is 5.02 Å². The number of nitrogens with two attached hydrogens (primary N) is 1. The Balaban J connectivity index is 2.35. The van der Waals surface area contributed by atoms with Gasteiger partial charge in [0.25, 0.3) is 5.91 Å². The fraction of sp³-hybridized carbons (Fsp3) is 0.0714. The molecule has 3 nitrogen and oxygen atoms in total. The van der Waals surface area contributed by atoms with Crippen molar-refractivity contribution in [1.29, 1.82) is 0 Å². The van der Waals surface area contributed by atoms with Crippen molar-refractivity contribution in [3.63, 3.8) is 0 Å². The van der Waals surface area contributed by atoms with Crippen LogP contribution in [0.25, 0.3) is 0 Å². The van der Waals surface area contributed by atoms with Crippen LogP contribution >= 0.6 is 11.6 Å². The molecule has 0 aromatic heterocycles. The average molecular weight is 315 g/mol. The van der Waals surface area contributed by atoms with Gasteiger partial charge in [-0.1, -0.05) is 11.6 Å². The number of carbonyl (C=O) groups is 1. The summed E-state index contributed by atoms with van der Waals surface area (Å²) in [7, 11) is 0. The second-order valence-electron chi connectivity index (χ2n) is 4.35. The zero-order valence-corrected chi connectivity index (χ0v) is 11.6. The summed E-state index contributed by atoms with van der Waals surface area (Å²) in [5.74, 6) is -4.65. The van der Waals surface area contributed by atoms with Gasteiger partial charge < -0.3 is 11.1 Å². The van der Waals surface area contributed by atoms with Crippen LogP contribution in [0.4, 0.5) is 24.5 Å². The molecule has 2 rings (SSSR count). The molecule has 7 heteroatoms. The highest BCUT2D eigenvalue weighted by Crippen LogP contribution is 2.24. The van der Waals surface area contributed by atoms with E-state index in [4.69, 9.17) is 17.3 Å². The molecule has 0 fully saturated rings. The molecule has 0 spiro atoms. The van der Waals surface area contributed by atoms with E-state index < -0.39 is 34.5 Å². The van der Waals surface area contributed by atoms with E-state index >= 15 is 0 Å². The van der Waals surface area contributed by atoms with Gasteiger partial charge in [0.15, 0.2) is 11.6 Å². The number of anilines is 2. The second kappa shape index (κ2) is 5.65. The van der Waals surface area contributed by atoms with Gasteiger partial charge in [0.1, 0.15) is 5.82 Å². The lowest BCUT2D eigenvalue weighted by atomic mass is 10.1. The third kappa shape index (κ3) is 2.95. The summed E-state index contributed by atoms with van der Waals surface area (Å²) in [5.41, 5.74) is 4.88. The number of hydrogen-bond donors (Lipinski definition) is 2. The molecule has 0 aliphatic heterocycles. The predicted molar refractivity (Wildman–Crippen MR) is 74.9 cm³/mol. The van der Waals surface area contributed by atoms with Crippen molar-refractivity contribution in [3.8, 4) is 0 Å². The van der Waals surface area contributed by atoms with Crippen molar-refractivity contribution in [2.45, 2.75) is 6.92 Å². The van der Waals surface area contributed by atoms with Crippen LogP contribution in [0.5, 0.6) is 0 Å². The van der Waals surface area contributed by atoms with Gasteiger partial charge in [0, 0.05) is 11.3 Å². The summed E-state index contributed by atoms with van der Waals surface area (Å²) in [5, 5.41) is 2.63. The monoisotopic (exact) mass is 314 g/mol. The highest BCUT2D eigenvalue weighted by atomic mass is 35.5. The van der Waals surface area contributed by atoms with E-state index in [1.165, 1.54) is 18.2 Å². The van der Waals surface area contributed by atoms with Gasteiger partial charge in [-0.05, 0) is 31.2 Å². The summed E-state index contributed by atoms with van der Waals surface area (Å²) in [4.78, 5) is 11.9. The van der Waals surface area contributed by atoms with E-state index in [9.17, 15) is 18.0 Å². The number of nitrogens with one attached hydrogen (secondary N) is 1. The van der Waals surface area contributed by atoms with E-state index in [1.807, 2.05) is 0 Å². The highest BCUT2D eigenvalue weighted by Gasteiger charge is 2.20. The zero-order valence-electron chi connectivity index (χ0n) is 10.8. The van der Waals surface area contributed by atoms with Gasteiger partial charge in [0.05, 0.1) is 16.3 Å². The lowest BCUT2D eigenvalue weighted by Crippen LogP contribution is -2.16. The Morgan fingerprint density at radius 3 is 2.48 bits per heavy atom. The lowest BCUT2D eigenvalue weighted by Gasteiger charge is -2.09. The number of rotatable bonds is 2. The number of nitrogen functional groups attached to an aromatic ring is 1. The molecule has 2 aromatic rings. The Morgan fingerprint density at radius 1 is 1.19 bits per heavy atom. The molecule has 3 N–H and O–H groups in total. The SMILES string of the molecule is Cc1c(F)c(F)cc(C(=O)Nc2ccc(Cl)c(N)c2)c1F. The quantitative estimate of drug-likeness (QED) is 0.652. The van der Waals surface area contributed by atoms with Gasteiger partial charge in [-0.3, -0.25) is 4.79 Å². The second-order valence-corrected chi connectivity index (χ2v) is 4.76. The van der Waals surface area contributed by atoms with Crippen molar-refractivity contribution in [1.82, 2.24) is 0 Å². The highest BCUT2D eigenvalue weighted by molar-refractivity contribution is 6.33. The molecule has 0 bridgehead atoms. The molecule has 0 aliphatic rings. The number of hydrogen-bond acceptors (Lipinski definition) is 2. The van der Waals surface area contributed by atoms with E-state index in [-0.39, 0.29) is 11.4 Å². The summed E-state index contributed by atoms with van der Waals surface area (Å²) in [6.07, 6.45) is 0. The zero-order chi connectivity index (χ0) is 15.7.